The highest BCUT2D eigenvalue weighted by Crippen LogP contribution is 2.34. The third-order valence-corrected chi connectivity index (χ3v) is 2.64. The van der Waals surface area contributed by atoms with Crippen molar-refractivity contribution in [2.24, 2.45) is 0 Å². The van der Waals surface area contributed by atoms with Crippen LogP contribution < -0.4 is 15.2 Å². The summed E-state index contributed by atoms with van der Waals surface area (Å²) in [7, 11) is 0. The van der Waals surface area contributed by atoms with Crippen LogP contribution in [0.3, 0.4) is 0 Å². The van der Waals surface area contributed by atoms with E-state index in [2.05, 4.69) is 0 Å². The molecule has 0 unspecified atom stereocenters. The maximum atomic E-state index is 5.94. The Bertz CT molecular complexity index is 395. The highest BCUT2D eigenvalue weighted by Gasteiger charge is 2.14. The number of fused-ring (bicyclic) bond motifs is 1. The molecule has 1 aliphatic heterocycles. The van der Waals surface area contributed by atoms with Crippen molar-refractivity contribution in [2.45, 2.75) is 13.5 Å². The number of anilines is 1. The van der Waals surface area contributed by atoms with E-state index in [0.717, 1.165) is 11.3 Å². The molecule has 100 valence electrons. The molecular weight excluding hydrogens is 234 g/mol. The lowest BCUT2D eigenvalue weighted by molar-refractivity contribution is 0.0453. The van der Waals surface area contributed by atoms with Gasteiger partial charge in [0.1, 0.15) is 13.2 Å². The van der Waals surface area contributed by atoms with Gasteiger partial charge in [0, 0.05) is 23.9 Å². The van der Waals surface area contributed by atoms with Gasteiger partial charge < -0.3 is 24.7 Å². The fraction of sp³-hybridized carbons (Fsp3) is 0.538. The predicted octanol–water partition coefficient (Wildman–Crippen LogP) is 1.59. The Morgan fingerprint density at radius 3 is 2.50 bits per heavy atom. The van der Waals surface area contributed by atoms with Crippen LogP contribution in [0.4, 0.5) is 5.69 Å². The van der Waals surface area contributed by atoms with E-state index in [1.807, 2.05) is 13.0 Å². The molecule has 0 aliphatic carbocycles. The molecule has 18 heavy (non-hydrogen) atoms. The molecule has 1 aromatic carbocycles. The van der Waals surface area contributed by atoms with Gasteiger partial charge in [-0.3, -0.25) is 0 Å². The van der Waals surface area contributed by atoms with Crippen LogP contribution in [0, 0.1) is 0 Å². The Morgan fingerprint density at radius 2 is 1.78 bits per heavy atom. The first-order chi connectivity index (χ1) is 8.81. The Morgan fingerprint density at radius 1 is 1.11 bits per heavy atom. The van der Waals surface area contributed by atoms with Crippen LogP contribution in [-0.4, -0.2) is 33.0 Å². The number of hydrogen-bond donors (Lipinski definition) is 1. The highest BCUT2D eigenvalue weighted by molar-refractivity contribution is 5.58. The summed E-state index contributed by atoms with van der Waals surface area (Å²) < 4.78 is 21.6. The Labute approximate surface area is 107 Å². The van der Waals surface area contributed by atoms with Gasteiger partial charge in [-0.25, -0.2) is 0 Å². The number of nitrogens with two attached hydrogens (primary N) is 1. The molecule has 0 fully saturated rings. The molecule has 0 atom stereocenters. The average Bonchev–Trinajstić information content (AvgIpc) is 2.39. The highest BCUT2D eigenvalue weighted by atomic mass is 16.6. The van der Waals surface area contributed by atoms with Crippen LogP contribution >= 0.6 is 0 Å². The summed E-state index contributed by atoms with van der Waals surface area (Å²) in [5.74, 6) is 1.44. The fourth-order valence-corrected chi connectivity index (χ4v) is 1.72. The molecule has 5 heteroatoms. The van der Waals surface area contributed by atoms with E-state index in [4.69, 9.17) is 24.7 Å². The summed E-state index contributed by atoms with van der Waals surface area (Å²) in [6.07, 6.45) is 0. The van der Waals surface area contributed by atoms with Gasteiger partial charge in [-0.2, -0.15) is 0 Å². The summed E-state index contributed by atoms with van der Waals surface area (Å²) >= 11 is 0. The number of ether oxygens (including phenoxy) is 4. The molecule has 0 bridgehead atoms. The van der Waals surface area contributed by atoms with Crippen LogP contribution in [0.25, 0.3) is 0 Å². The standard InChI is InChI=1S/C13H19NO4/c1-2-15-3-4-16-9-10-7-12-13(8-11(10)14)18-6-5-17-12/h7-8H,2-6,9,14H2,1H3. The van der Waals surface area contributed by atoms with Crippen molar-refractivity contribution in [3.05, 3.63) is 17.7 Å². The topological polar surface area (TPSA) is 62.9 Å². The van der Waals surface area contributed by atoms with E-state index >= 15 is 0 Å². The van der Waals surface area contributed by atoms with Gasteiger partial charge in [0.2, 0.25) is 0 Å². The summed E-state index contributed by atoms with van der Waals surface area (Å²) in [5.41, 5.74) is 7.51. The maximum Gasteiger partial charge on any atom is 0.163 e. The van der Waals surface area contributed by atoms with E-state index < -0.39 is 0 Å². The summed E-state index contributed by atoms with van der Waals surface area (Å²) in [4.78, 5) is 0. The quantitative estimate of drug-likeness (QED) is 0.616. The van der Waals surface area contributed by atoms with Crippen LogP contribution in [0.15, 0.2) is 12.1 Å². The molecule has 0 amide bonds. The number of benzene rings is 1. The zero-order valence-corrected chi connectivity index (χ0v) is 10.6. The monoisotopic (exact) mass is 253 g/mol. The van der Waals surface area contributed by atoms with Crippen molar-refractivity contribution in [2.75, 3.05) is 38.8 Å². The second kappa shape index (κ2) is 6.47. The molecule has 0 aromatic heterocycles. The van der Waals surface area contributed by atoms with Crippen molar-refractivity contribution in [3.63, 3.8) is 0 Å². The molecule has 0 spiro atoms. The van der Waals surface area contributed by atoms with Gasteiger partial charge in [-0.1, -0.05) is 0 Å². The average molecular weight is 253 g/mol. The van der Waals surface area contributed by atoms with Gasteiger partial charge in [-0.15, -0.1) is 0 Å². The Balaban J connectivity index is 1.91. The molecule has 5 nitrogen and oxygen atoms in total. The molecule has 2 rings (SSSR count). The molecule has 1 aliphatic rings. The first-order valence-electron chi connectivity index (χ1n) is 6.14. The summed E-state index contributed by atoms with van der Waals surface area (Å²) in [6, 6.07) is 3.67. The second-order valence-electron chi connectivity index (χ2n) is 3.94. The fourth-order valence-electron chi connectivity index (χ4n) is 1.72. The number of hydrogen-bond acceptors (Lipinski definition) is 5. The van der Waals surface area contributed by atoms with E-state index in [9.17, 15) is 0 Å². The van der Waals surface area contributed by atoms with Crippen molar-refractivity contribution in [1.29, 1.82) is 0 Å². The minimum absolute atomic E-state index is 0.454. The molecule has 0 saturated carbocycles. The molecule has 1 aromatic rings. The van der Waals surface area contributed by atoms with Crippen LogP contribution in [0.2, 0.25) is 0 Å². The van der Waals surface area contributed by atoms with Crippen LogP contribution in [-0.2, 0) is 16.1 Å². The normalized spacial score (nSPS) is 13.6. The van der Waals surface area contributed by atoms with E-state index in [1.165, 1.54) is 0 Å². The molecule has 2 N–H and O–H groups in total. The number of rotatable bonds is 6. The van der Waals surface area contributed by atoms with E-state index in [-0.39, 0.29) is 0 Å². The largest absolute Gasteiger partial charge is 0.486 e. The Kier molecular flexibility index (Phi) is 4.66. The summed E-state index contributed by atoms with van der Waals surface area (Å²) in [6.45, 7) is 5.41. The minimum atomic E-state index is 0.454. The van der Waals surface area contributed by atoms with Crippen molar-refractivity contribution < 1.29 is 18.9 Å². The predicted molar refractivity (Wildman–Crippen MR) is 68.0 cm³/mol. The first kappa shape index (κ1) is 13.0. The van der Waals surface area contributed by atoms with Crippen LogP contribution in [0.5, 0.6) is 11.5 Å². The zero-order chi connectivity index (χ0) is 12.8. The second-order valence-corrected chi connectivity index (χ2v) is 3.94. The first-order valence-corrected chi connectivity index (χ1v) is 6.14. The number of nitrogen functional groups attached to an aromatic ring is 1. The van der Waals surface area contributed by atoms with Gasteiger partial charge in [-0.05, 0) is 13.0 Å². The minimum Gasteiger partial charge on any atom is -0.486 e. The molecule has 0 radical (unpaired) electrons. The van der Waals surface area contributed by atoms with Gasteiger partial charge in [0.05, 0.1) is 19.8 Å². The van der Waals surface area contributed by atoms with Crippen molar-refractivity contribution in [3.8, 4) is 11.5 Å². The summed E-state index contributed by atoms with van der Waals surface area (Å²) in [5, 5.41) is 0. The van der Waals surface area contributed by atoms with Gasteiger partial charge in [0.25, 0.3) is 0 Å². The smallest absolute Gasteiger partial charge is 0.163 e. The SMILES string of the molecule is CCOCCOCc1cc2c(cc1N)OCCO2. The Hall–Kier alpha value is -1.46. The van der Waals surface area contributed by atoms with E-state index in [1.54, 1.807) is 6.07 Å². The van der Waals surface area contributed by atoms with E-state index in [0.29, 0.717) is 51.1 Å². The lowest BCUT2D eigenvalue weighted by Crippen LogP contribution is -2.16. The maximum absolute atomic E-state index is 5.94. The molecular formula is C13H19NO4. The van der Waals surface area contributed by atoms with Crippen molar-refractivity contribution in [1.82, 2.24) is 0 Å². The van der Waals surface area contributed by atoms with Crippen LogP contribution in [0.1, 0.15) is 12.5 Å². The lowest BCUT2D eigenvalue weighted by atomic mass is 10.1. The lowest BCUT2D eigenvalue weighted by Gasteiger charge is -2.20. The zero-order valence-electron chi connectivity index (χ0n) is 10.6. The molecule has 0 saturated heterocycles. The molecule has 1 heterocycles. The third kappa shape index (κ3) is 3.27. The van der Waals surface area contributed by atoms with Crippen molar-refractivity contribution >= 4 is 5.69 Å². The third-order valence-electron chi connectivity index (χ3n) is 2.64. The van der Waals surface area contributed by atoms with Gasteiger partial charge in [0.15, 0.2) is 11.5 Å². The van der Waals surface area contributed by atoms with Gasteiger partial charge >= 0.3 is 0 Å².